The summed E-state index contributed by atoms with van der Waals surface area (Å²) in [5, 5.41) is 12.6. The molecule has 1 saturated carbocycles. The Morgan fingerprint density at radius 2 is 1.56 bits per heavy atom. The molecule has 1 aromatic carbocycles. The first-order valence-corrected chi connectivity index (χ1v) is 15.5. The van der Waals surface area contributed by atoms with Crippen LogP contribution in [0.5, 0.6) is 0 Å². The Kier molecular flexibility index (Phi) is 11.6. The number of rotatable bonds is 6. The Balaban J connectivity index is 2.24. The second-order valence-electron chi connectivity index (χ2n) is 13.1. The minimum atomic E-state index is -1.65. The number of benzene rings is 1. The average molecular weight is 625 g/mol. The maximum absolute atomic E-state index is 13.3. The van der Waals surface area contributed by atoms with Crippen LogP contribution in [0.3, 0.4) is 0 Å². The van der Waals surface area contributed by atoms with Crippen LogP contribution < -0.4 is 0 Å². The summed E-state index contributed by atoms with van der Waals surface area (Å²) in [6, 6.07) is 8.58. The molecule has 2 aliphatic rings. The normalized spacial score (nSPS) is 33.6. The van der Waals surface area contributed by atoms with Gasteiger partial charge in [-0.05, 0) is 50.8 Å². The number of hydrogen-bond acceptors (Lipinski definition) is 9. The predicted molar refractivity (Wildman–Crippen MR) is 169 cm³/mol. The fourth-order valence-electron chi connectivity index (χ4n) is 6.31. The number of carbonyl (C=O) groups excluding carboxylic acids is 4. The van der Waals surface area contributed by atoms with Crippen molar-refractivity contribution < 1.29 is 43.2 Å². The van der Waals surface area contributed by atoms with Gasteiger partial charge >= 0.3 is 23.9 Å². The van der Waals surface area contributed by atoms with Gasteiger partial charge in [0.1, 0.15) is 30.0 Å². The quantitative estimate of drug-likeness (QED) is 0.178. The molecule has 0 heterocycles. The van der Waals surface area contributed by atoms with E-state index in [1.807, 2.05) is 39.8 Å². The molecule has 0 bridgehead atoms. The van der Waals surface area contributed by atoms with E-state index < -0.39 is 71.1 Å². The van der Waals surface area contributed by atoms with Gasteiger partial charge in [-0.25, -0.2) is 9.59 Å². The molecule has 0 unspecified atom stereocenters. The minimum absolute atomic E-state index is 0.138. The summed E-state index contributed by atoms with van der Waals surface area (Å²) in [6.07, 6.45) is 4.06. The Morgan fingerprint density at radius 1 is 0.933 bits per heavy atom. The van der Waals surface area contributed by atoms with Gasteiger partial charge in [0.15, 0.2) is 0 Å². The van der Waals surface area contributed by atoms with Gasteiger partial charge in [-0.3, -0.25) is 9.59 Å². The first kappa shape index (κ1) is 35.8. The van der Waals surface area contributed by atoms with E-state index in [-0.39, 0.29) is 18.8 Å². The summed E-state index contributed by atoms with van der Waals surface area (Å²) in [5.74, 6) is -3.78. The number of ether oxygens (including phenoxy) is 4. The van der Waals surface area contributed by atoms with Crippen molar-refractivity contribution in [1.82, 2.24) is 0 Å². The summed E-state index contributed by atoms with van der Waals surface area (Å²) in [7, 11) is 0. The Morgan fingerprint density at radius 3 is 2.13 bits per heavy atom. The molecule has 8 atom stereocenters. The summed E-state index contributed by atoms with van der Waals surface area (Å²) in [4.78, 5) is 51.1. The van der Waals surface area contributed by atoms with Gasteiger partial charge < -0.3 is 24.1 Å². The van der Waals surface area contributed by atoms with Crippen molar-refractivity contribution >= 4 is 23.9 Å². The average Bonchev–Trinajstić information content (AvgIpc) is 3.21. The molecule has 246 valence electrons. The molecule has 0 saturated heterocycles. The van der Waals surface area contributed by atoms with Crippen molar-refractivity contribution in [3.63, 3.8) is 0 Å². The largest absolute Gasteiger partial charge is 0.461 e. The van der Waals surface area contributed by atoms with Crippen molar-refractivity contribution in [2.45, 2.75) is 105 Å². The van der Waals surface area contributed by atoms with E-state index in [9.17, 15) is 24.3 Å². The first-order chi connectivity index (χ1) is 21.0. The van der Waals surface area contributed by atoms with Crippen molar-refractivity contribution in [3.8, 4) is 0 Å². The molecule has 0 spiro atoms. The van der Waals surface area contributed by atoms with Crippen LogP contribution in [0.4, 0.5) is 0 Å². The molecule has 0 aliphatic heterocycles. The Bertz CT molecular complexity index is 1340. The lowest BCUT2D eigenvalue weighted by molar-refractivity contribution is -0.173. The van der Waals surface area contributed by atoms with Gasteiger partial charge in [-0.15, -0.1) is 0 Å². The zero-order valence-corrected chi connectivity index (χ0v) is 27.9. The SMILES string of the molecule is C/C=C(\C)C(=O)O[C@@H]1C[C@@H](OC(C)=O)C(C)(C)/C=C/[C@H](C)[C@H](OC(C)=O)[C@@]2(O)C[C@H](C)[C@H](OC(=O)c3ccccc3)[C@@H]2/C=C/1C. The molecule has 9 nitrogen and oxygen atoms in total. The van der Waals surface area contributed by atoms with E-state index in [4.69, 9.17) is 18.9 Å². The van der Waals surface area contributed by atoms with E-state index in [1.54, 1.807) is 63.3 Å². The summed E-state index contributed by atoms with van der Waals surface area (Å²) < 4.78 is 23.8. The van der Waals surface area contributed by atoms with Gasteiger partial charge in [0.25, 0.3) is 0 Å². The molecular weight excluding hydrogens is 576 g/mol. The highest BCUT2D eigenvalue weighted by molar-refractivity contribution is 5.89. The summed E-state index contributed by atoms with van der Waals surface area (Å²) in [6.45, 7) is 15.3. The maximum atomic E-state index is 13.3. The standard InChI is InChI=1S/C36H48O9/c1-10-21(2)33(39)44-29-19-30(42-25(6)37)35(8,9)17-16-22(3)32(43-26(7)38)36(41)20-24(5)31(28(36)18-23(29)4)45-34(40)27-14-12-11-13-15-27/h10-18,22,24,28-32,41H,19-20H2,1-9H3/b17-16+,21-10+,23-18+/t22-,24-,28-,29+,30+,31-,32-,36+/m0/s1. The highest BCUT2D eigenvalue weighted by Gasteiger charge is 2.58. The molecule has 1 aromatic rings. The van der Waals surface area contributed by atoms with Crippen LogP contribution >= 0.6 is 0 Å². The zero-order valence-electron chi connectivity index (χ0n) is 27.9. The van der Waals surface area contributed by atoms with Gasteiger partial charge in [-0.2, -0.15) is 0 Å². The highest BCUT2D eigenvalue weighted by atomic mass is 16.6. The van der Waals surface area contributed by atoms with Crippen molar-refractivity contribution in [3.05, 3.63) is 71.3 Å². The molecule has 0 amide bonds. The summed E-state index contributed by atoms with van der Waals surface area (Å²) in [5.41, 5.74) is -1.05. The molecule has 1 N–H and O–H groups in total. The number of aliphatic hydroxyl groups is 1. The van der Waals surface area contributed by atoms with Crippen LogP contribution in [-0.4, -0.2) is 59.0 Å². The molecule has 0 radical (unpaired) electrons. The van der Waals surface area contributed by atoms with E-state index in [0.29, 0.717) is 16.7 Å². The predicted octanol–water partition coefficient (Wildman–Crippen LogP) is 5.91. The number of allylic oxidation sites excluding steroid dienone is 1. The first-order valence-electron chi connectivity index (χ1n) is 15.5. The zero-order chi connectivity index (χ0) is 33.7. The smallest absolute Gasteiger partial charge is 0.338 e. The number of hydrogen-bond donors (Lipinski definition) is 1. The molecule has 3 rings (SSSR count). The molecule has 1 fully saturated rings. The van der Waals surface area contributed by atoms with Gasteiger partial charge in [0, 0.05) is 43.1 Å². The van der Waals surface area contributed by atoms with Gasteiger partial charge in [0.05, 0.1) is 5.56 Å². The molecule has 2 aliphatic carbocycles. The van der Waals surface area contributed by atoms with E-state index in [0.717, 1.165) is 0 Å². The molecule has 0 aromatic heterocycles. The molecular formula is C36H48O9. The lowest BCUT2D eigenvalue weighted by atomic mass is 9.75. The third-order valence-corrected chi connectivity index (χ3v) is 9.01. The van der Waals surface area contributed by atoms with E-state index in [1.165, 1.54) is 13.8 Å². The second kappa shape index (κ2) is 14.6. The number of fused-ring (bicyclic) bond motifs is 1. The second-order valence-corrected chi connectivity index (χ2v) is 13.1. The summed E-state index contributed by atoms with van der Waals surface area (Å²) >= 11 is 0. The highest BCUT2D eigenvalue weighted by Crippen LogP contribution is 2.49. The number of esters is 4. The fraction of sp³-hybridized carbons (Fsp3) is 0.556. The third kappa shape index (κ3) is 8.51. The topological polar surface area (TPSA) is 125 Å². The van der Waals surface area contributed by atoms with E-state index >= 15 is 0 Å². The van der Waals surface area contributed by atoms with Crippen molar-refractivity contribution in [2.24, 2.45) is 23.2 Å². The van der Waals surface area contributed by atoms with Crippen molar-refractivity contribution in [2.75, 3.05) is 0 Å². The van der Waals surface area contributed by atoms with Gasteiger partial charge in [-0.1, -0.05) is 70.2 Å². The Hall–Kier alpha value is -3.72. The fourth-order valence-corrected chi connectivity index (χ4v) is 6.31. The minimum Gasteiger partial charge on any atom is -0.461 e. The Labute approximate surface area is 266 Å². The monoisotopic (exact) mass is 624 g/mol. The van der Waals surface area contributed by atoms with E-state index in [2.05, 4.69) is 0 Å². The molecule has 45 heavy (non-hydrogen) atoms. The van der Waals surface area contributed by atoms with Crippen LogP contribution in [0.2, 0.25) is 0 Å². The maximum Gasteiger partial charge on any atom is 0.338 e. The van der Waals surface area contributed by atoms with Crippen LogP contribution in [-0.2, 0) is 33.3 Å². The lowest BCUT2D eigenvalue weighted by Crippen LogP contribution is -2.52. The van der Waals surface area contributed by atoms with Crippen LogP contribution in [0.15, 0.2) is 65.8 Å². The van der Waals surface area contributed by atoms with Crippen molar-refractivity contribution in [1.29, 1.82) is 0 Å². The molecule has 9 heteroatoms. The van der Waals surface area contributed by atoms with Crippen LogP contribution in [0, 0.1) is 23.2 Å². The van der Waals surface area contributed by atoms with Crippen LogP contribution in [0.25, 0.3) is 0 Å². The number of carbonyl (C=O) groups is 4. The van der Waals surface area contributed by atoms with Crippen LogP contribution in [0.1, 0.15) is 85.5 Å². The van der Waals surface area contributed by atoms with Gasteiger partial charge in [0.2, 0.25) is 0 Å². The lowest BCUT2D eigenvalue weighted by Gasteiger charge is -2.41. The third-order valence-electron chi connectivity index (χ3n) is 9.01.